The lowest BCUT2D eigenvalue weighted by molar-refractivity contribution is 0.0193. The van der Waals surface area contributed by atoms with E-state index in [1.54, 1.807) is 31.4 Å². The summed E-state index contributed by atoms with van der Waals surface area (Å²) in [6.07, 6.45) is 3.21. The number of ether oxygens (including phenoxy) is 2. The van der Waals surface area contributed by atoms with Crippen molar-refractivity contribution in [3.63, 3.8) is 0 Å². The maximum atomic E-state index is 16.2. The van der Waals surface area contributed by atoms with Crippen LogP contribution in [0.5, 0.6) is 11.5 Å². The number of anilines is 2. The van der Waals surface area contributed by atoms with Crippen molar-refractivity contribution in [1.29, 1.82) is 0 Å². The lowest BCUT2D eigenvalue weighted by atomic mass is 9.92. The summed E-state index contributed by atoms with van der Waals surface area (Å²) < 4.78 is 29.8. The minimum absolute atomic E-state index is 0. The number of methoxy groups -OCH3 is 1. The molecule has 1 saturated heterocycles. The van der Waals surface area contributed by atoms with Gasteiger partial charge in [0.1, 0.15) is 17.3 Å². The number of phenols is 1. The molecule has 1 atom stereocenters. The van der Waals surface area contributed by atoms with Gasteiger partial charge < -0.3 is 24.0 Å². The van der Waals surface area contributed by atoms with E-state index in [2.05, 4.69) is 27.7 Å². The molecule has 5 aromatic carbocycles. The molecular formula is C50H50ClFN4O5. The second kappa shape index (κ2) is 18.0. The van der Waals surface area contributed by atoms with Crippen LogP contribution < -0.4 is 9.64 Å². The molecule has 3 aliphatic heterocycles. The lowest BCUT2D eigenvalue weighted by Gasteiger charge is -2.40. The number of fused-ring (bicyclic) bond motifs is 2. The van der Waals surface area contributed by atoms with E-state index in [0.717, 1.165) is 67.0 Å². The number of morpholine rings is 1. The van der Waals surface area contributed by atoms with E-state index in [-0.39, 0.29) is 36.0 Å². The van der Waals surface area contributed by atoms with Gasteiger partial charge in [-0.05, 0) is 122 Å². The van der Waals surface area contributed by atoms with Crippen molar-refractivity contribution in [2.45, 2.75) is 51.7 Å². The van der Waals surface area contributed by atoms with Crippen molar-refractivity contribution in [1.82, 2.24) is 14.4 Å². The highest BCUT2D eigenvalue weighted by molar-refractivity contribution is 6.13. The molecule has 0 unspecified atom stereocenters. The zero-order valence-electron chi connectivity index (χ0n) is 34.5. The van der Waals surface area contributed by atoms with Crippen LogP contribution in [0.2, 0.25) is 0 Å². The third-order valence-electron chi connectivity index (χ3n) is 12.4. The number of nitrogens with zero attached hydrogens (tertiary/aromatic N) is 4. The van der Waals surface area contributed by atoms with Crippen LogP contribution in [0.4, 0.5) is 15.8 Å². The zero-order chi connectivity index (χ0) is 41.3. The molecule has 9 rings (SSSR count). The molecule has 61 heavy (non-hydrogen) atoms. The lowest BCUT2D eigenvalue weighted by Crippen LogP contribution is -2.52. The maximum absolute atomic E-state index is 16.2. The largest absolute Gasteiger partial charge is 0.508 e. The van der Waals surface area contributed by atoms with Gasteiger partial charge in [-0.1, -0.05) is 48.5 Å². The average molecular weight is 841 g/mol. The van der Waals surface area contributed by atoms with E-state index >= 15 is 14.0 Å². The molecule has 0 saturated carbocycles. The van der Waals surface area contributed by atoms with E-state index in [1.165, 1.54) is 28.7 Å². The molecular weight excluding hydrogens is 791 g/mol. The summed E-state index contributed by atoms with van der Waals surface area (Å²) in [5, 5.41) is 10.2. The van der Waals surface area contributed by atoms with Crippen molar-refractivity contribution < 1.29 is 28.6 Å². The number of aromatic hydroxyl groups is 1. The predicted octanol–water partition coefficient (Wildman–Crippen LogP) is 9.62. The molecule has 6 aromatic rings. The number of hydrogen-bond donors (Lipinski definition) is 1. The fourth-order valence-electron chi connectivity index (χ4n) is 9.20. The Morgan fingerprint density at radius 1 is 0.803 bits per heavy atom. The Morgan fingerprint density at radius 3 is 2.30 bits per heavy atom. The Bertz CT molecular complexity index is 2570. The van der Waals surface area contributed by atoms with Gasteiger partial charge in [-0.3, -0.25) is 19.4 Å². The fraction of sp³-hybridized carbons (Fsp3) is 0.280. The Balaban J connectivity index is 0.00000514. The fourth-order valence-corrected chi connectivity index (χ4v) is 9.20. The summed E-state index contributed by atoms with van der Waals surface area (Å²) in [7, 11) is 1.61. The van der Waals surface area contributed by atoms with E-state index in [1.807, 2.05) is 66.4 Å². The smallest absolute Gasteiger partial charge is 0.264 e. The maximum Gasteiger partial charge on any atom is 0.264 e. The van der Waals surface area contributed by atoms with Gasteiger partial charge in [0.05, 0.1) is 31.6 Å². The van der Waals surface area contributed by atoms with Crippen LogP contribution in [0.1, 0.15) is 55.9 Å². The van der Waals surface area contributed by atoms with Crippen molar-refractivity contribution in [2.24, 2.45) is 0 Å². The summed E-state index contributed by atoms with van der Waals surface area (Å²) >= 11 is 0. The SMILES string of the molecule is COc1ccc(C(=O)N2Cc3ccccc3C[C@H]2CN2CCOCC2)c(-c2cc(C(=O)N(c3ccc(O)cc3)c3ccc(-c4ccccc4C)c(F)c3)c3n2CCCC3)c1.Cl. The number of aryl methyl sites for hydroxylation is 1. The summed E-state index contributed by atoms with van der Waals surface area (Å²) in [5.41, 5.74) is 8.72. The standard InChI is InChI=1S/C50H49FN4O5.ClH/c1-33-9-3-6-12-41(33)42-20-16-37(28-46(42)51)55(36-14-17-39(56)18-15-36)50(58)45-30-48(53-22-8-7-13-47(45)53)44-29-40(59-2)19-21-43(44)49(57)54-31-35-11-5-4-10-34(35)27-38(54)32-52-23-25-60-26-24-52;/h3-6,9-12,14-21,28-30,38,56H,7-8,13,22-27,31-32H2,1-2H3;1H/t38-;/m0./s1. The Labute approximate surface area is 362 Å². The molecule has 9 nitrogen and oxygen atoms in total. The number of amides is 2. The predicted molar refractivity (Wildman–Crippen MR) is 239 cm³/mol. The molecule has 314 valence electrons. The first-order valence-corrected chi connectivity index (χ1v) is 20.8. The topological polar surface area (TPSA) is 87.5 Å². The molecule has 11 heteroatoms. The van der Waals surface area contributed by atoms with Gasteiger partial charge in [0.15, 0.2) is 0 Å². The number of rotatable bonds is 9. The summed E-state index contributed by atoms with van der Waals surface area (Å²) in [6, 6.07) is 34.7. The van der Waals surface area contributed by atoms with Gasteiger partial charge in [-0.15, -0.1) is 12.4 Å². The van der Waals surface area contributed by atoms with E-state index in [0.29, 0.717) is 72.1 Å². The number of aromatic nitrogens is 1. The van der Waals surface area contributed by atoms with Gasteiger partial charge in [0.2, 0.25) is 0 Å². The number of phenolic OH excluding ortho intramolecular Hbond substituents is 1. The number of halogens is 2. The van der Waals surface area contributed by atoms with E-state index < -0.39 is 5.82 Å². The van der Waals surface area contributed by atoms with Crippen LogP contribution >= 0.6 is 12.4 Å². The van der Waals surface area contributed by atoms with Gasteiger partial charge >= 0.3 is 0 Å². The normalized spacial score (nSPS) is 16.2. The van der Waals surface area contributed by atoms with Crippen LogP contribution in [0.25, 0.3) is 22.4 Å². The van der Waals surface area contributed by atoms with Gasteiger partial charge in [0, 0.05) is 72.5 Å². The Morgan fingerprint density at radius 2 is 1.54 bits per heavy atom. The molecule has 4 heterocycles. The monoisotopic (exact) mass is 840 g/mol. The molecule has 2 amide bonds. The number of hydrogen-bond acceptors (Lipinski definition) is 6. The first-order chi connectivity index (χ1) is 29.3. The first kappa shape index (κ1) is 41.8. The third kappa shape index (κ3) is 8.28. The molecule has 1 aromatic heterocycles. The average Bonchev–Trinajstić information content (AvgIpc) is 3.67. The number of carbonyl (C=O) groups is 2. The van der Waals surface area contributed by atoms with Crippen LogP contribution in [0.3, 0.4) is 0 Å². The van der Waals surface area contributed by atoms with E-state index in [9.17, 15) is 5.11 Å². The van der Waals surface area contributed by atoms with Gasteiger partial charge in [-0.2, -0.15) is 0 Å². The highest BCUT2D eigenvalue weighted by Gasteiger charge is 2.35. The molecule has 1 N–H and O–H groups in total. The van der Waals surface area contributed by atoms with Crippen LogP contribution in [0.15, 0.2) is 115 Å². The Hall–Kier alpha value is -5.94. The van der Waals surface area contributed by atoms with Crippen LogP contribution in [-0.2, 0) is 30.7 Å². The molecule has 0 aliphatic carbocycles. The van der Waals surface area contributed by atoms with Gasteiger partial charge in [0.25, 0.3) is 11.8 Å². The minimum Gasteiger partial charge on any atom is -0.508 e. The highest BCUT2D eigenvalue weighted by Crippen LogP contribution is 2.40. The van der Waals surface area contributed by atoms with Crippen molar-refractivity contribution >= 4 is 35.6 Å². The highest BCUT2D eigenvalue weighted by atomic mass is 35.5. The van der Waals surface area contributed by atoms with Gasteiger partial charge in [-0.25, -0.2) is 4.39 Å². The summed E-state index contributed by atoms with van der Waals surface area (Å²) in [6.45, 7) is 6.85. The van der Waals surface area contributed by atoms with Crippen LogP contribution in [-0.4, -0.2) is 77.3 Å². The summed E-state index contributed by atoms with van der Waals surface area (Å²) in [5.74, 6) is -0.214. The summed E-state index contributed by atoms with van der Waals surface area (Å²) in [4.78, 5) is 36.3. The third-order valence-corrected chi connectivity index (χ3v) is 12.4. The van der Waals surface area contributed by atoms with E-state index in [4.69, 9.17) is 9.47 Å². The molecule has 0 spiro atoms. The van der Waals surface area contributed by atoms with Crippen LogP contribution in [0, 0.1) is 12.7 Å². The Kier molecular flexibility index (Phi) is 12.3. The molecule has 3 aliphatic rings. The minimum atomic E-state index is -0.454. The molecule has 1 fully saturated rings. The zero-order valence-corrected chi connectivity index (χ0v) is 35.3. The van der Waals surface area contributed by atoms with Crippen molar-refractivity contribution in [3.05, 3.63) is 155 Å². The van der Waals surface area contributed by atoms with Crippen molar-refractivity contribution in [2.75, 3.05) is 44.9 Å². The second-order valence-electron chi connectivity index (χ2n) is 16.0. The molecule has 0 bridgehead atoms. The molecule has 0 radical (unpaired) electrons. The number of benzene rings is 5. The van der Waals surface area contributed by atoms with Crippen molar-refractivity contribution in [3.8, 4) is 33.9 Å². The quantitative estimate of drug-likeness (QED) is 0.156. The number of carbonyl (C=O) groups excluding carboxylic acids is 2. The second-order valence-corrected chi connectivity index (χ2v) is 16.0. The first-order valence-electron chi connectivity index (χ1n) is 20.8.